The van der Waals surface area contributed by atoms with Crippen molar-refractivity contribution >= 4 is 9.90 Å². The van der Waals surface area contributed by atoms with Gasteiger partial charge in [-0.1, -0.05) is 54.4 Å². The highest BCUT2D eigenvalue weighted by Gasteiger charge is 1.36. The van der Waals surface area contributed by atoms with E-state index in [2.05, 4.69) is 27.7 Å². The zero-order chi connectivity index (χ0) is 8.12. The van der Waals surface area contributed by atoms with Crippen molar-refractivity contribution in [3.63, 3.8) is 0 Å². The van der Waals surface area contributed by atoms with Gasteiger partial charge in [0, 0.05) is 1.37 Å². The first kappa shape index (κ1) is 16.2. The Kier molecular flexibility index (Phi) is 142. The molecule has 0 bridgehead atoms. The summed E-state index contributed by atoms with van der Waals surface area (Å²) in [4.78, 5) is 0. The van der Waals surface area contributed by atoms with E-state index in [0.29, 0.717) is 6.90 Å². The van der Waals surface area contributed by atoms with Crippen LogP contribution >= 0.6 is 9.90 Å². The maximum atomic E-state index is 6.21. The molecule has 1 unspecified atom stereocenters. The van der Waals surface area contributed by atoms with Crippen LogP contribution in [0.25, 0.3) is 0 Å². The Bertz CT molecular complexity index is 14.0. The molecule has 1 atom stereocenters. The summed E-state index contributed by atoms with van der Waals surface area (Å²) in [6.07, 6.45) is 2.50. The summed E-state index contributed by atoms with van der Waals surface area (Å²) < 4.78 is 6.21. The maximum absolute atomic E-state index is 6.21. The van der Waals surface area contributed by atoms with Crippen molar-refractivity contribution in [2.45, 2.75) is 54.4 Å². The minimum absolute atomic E-state index is 0. The smallest absolute Gasteiger partial charge is 0.0228 e. The lowest BCUT2D eigenvalue weighted by atomic mass is 10.6. The highest BCUT2D eigenvalue weighted by Crippen LogP contribution is 1.56. The molecular formula is C8H25P. The van der Waals surface area contributed by atoms with Crippen LogP contribution in [-0.4, -0.2) is 0 Å². The van der Waals surface area contributed by atoms with Gasteiger partial charge in [-0.3, -0.25) is 0 Å². The largest absolute Gasteiger partial charge is 0.153 e. The van der Waals surface area contributed by atoms with E-state index in [4.69, 9.17) is 1.37 Å². The zero-order valence-corrected chi connectivity index (χ0v) is 9.24. The lowest BCUT2D eigenvalue weighted by Gasteiger charge is -1.48. The van der Waals surface area contributed by atoms with Gasteiger partial charge in [0.25, 0.3) is 0 Å². The van der Waals surface area contributed by atoms with Crippen molar-refractivity contribution < 1.29 is 1.37 Å². The molecule has 0 rings (SSSR count). The Labute approximate surface area is 66.5 Å². The first-order valence-electron chi connectivity index (χ1n) is 4.24. The van der Waals surface area contributed by atoms with Gasteiger partial charge in [-0.2, -0.15) is 9.90 Å². The summed E-state index contributed by atoms with van der Waals surface area (Å²) in [5.74, 6) is 0. The molecule has 0 spiro atoms. The second-order valence-corrected chi connectivity index (χ2v) is 1.41. The van der Waals surface area contributed by atoms with Crippen LogP contribution in [0.5, 0.6) is 0 Å². The van der Waals surface area contributed by atoms with Crippen molar-refractivity contribution in [2.75, 3.05) is 0 Å². The first-order valence-corrected chi connectivity index (χ1v) is 3.54. The van der Waals surface area contributed by atoms with E-state index in [1.807, 2.05) is 0 Å². The molecule has 0 nitrogen and oxygen atoms in total. The minimum Gasteiger partial charge on any atom is -0.153 e. The quantitative estimate of drug-likeness (QED) is 0.463. The van der Waals surface area contributed by atoms with Crippen LogP contribution in [0, 0.1) is 0 Å². The number of hydrogen-bond donors (Lipinski definition) is 0. The summed E-state index contributed by atoms with van der Waals surface area (Å²) in [6.45, 7) is 10.8. The van der Waals surface area contributed by atoms with Crippen molar-refractivity contribution in [1.82, 2.24) is 0 Å². The van der Waals surface area contributed by atoms with Crippen LogP contribution in [-0.2, 0) is 0 Å². The fourth-order valence-electron chi connectivity index (χ4n) is 0. The van der Waals surface area contributed by atoms with Crippen LogP contribution in [0.2, 0.25) is 0 Å². The lowest BCUT2D eigenvalue weighted by molar-refractivity contribution is 1.09. The summed E-state index contributed by atoms with van der Waals surface area (Å²) in [5, 5.41) is 0. The van der Waals surface area contributed by atoms with Gasteiger partial charge in [-0.15, -0.1) is 0 Å². The van der Waals surface area contributed by atoms with Gasteiger partial charge >= 0.3 is 0 Å². The van der Waals surface area contributed by atoms with Crippen molar-refractivity contribution in [3.8, 4) is 0 Å². The third-order valence-electron chi connectivity index (χ3n) is 0. The Morgan fingerprint density at radius 2 is 1.00 bits per heavy atom. The van der Waals surface area contributed by atoms with E-state index in [-0.39, 0.29) is 9.90 Å². The van der Waals surface area contributed by atoms with Gasteiger partial charge in [-0.25, -0.2) is 0 Å². The van der Waals surface area contributed by atoms with Gasteiger partial charge in [0.2, 0.25) is 0 Å². The second kappa shape index (κ2) is 78.8. The standard InChI is InChI=1S/2C3H8.C2H6.H3P/c2*1-3-2;1-2;/h2*3H2,1-2H3;1-2H3;1H3/i;;1D;. The van der Waals surface area contributed by atoms with Crippen LogP contribution in [0.3, 0.4) is 0 Å². The van der Waals surface area contributed by atoms with Crippen LogP contribution in [0.4, 0.5) is 0 Å². The average molecular weight is 153 g/mol. The third kappa shape index (κ3) is 1890. The number of rotatable bonds is 0. The van der Waals surface area contributed by atoms with Crippen molar-refractivity contribution in [2.24, 2.45) is 0 Å². The van der Waals surface area contributed by atoms with Crippen molar-refractivity contribution in [3.05, 3.63) is 0 Å². The predicted octanol–water partition coefficient (Wildman–Crippen LogP) is 3.92. The molecule has 0 heterocycles. The normalized spacial score (nSPS) is 6.11. The lowest BCUT2D eigenvalue weighted by Crippen LogP contribution is -1.27. The summed E-state index contributed by atoms with van der Waals surface area (Å²) >= 11 is 0. The topological polar surface area (TPSA) is 0 Å². The van der Waals surface area contributed by atoms with E-state index >= 15 is 0 Å². The molecule has 0 aromatic rings. The molecule has 0 aromatic heterocycles. The van der Waals surface area contributed by atoms with Gasteiger partial charge in [0.1, 0.15) is 0 Å². The van der Waals surface area contributed by atoms with E-state index in [1.54, 1.807) is 6.92 Å². The molecule has 0 aliphatic rings. The maximum Gasteiger partial charge on any atom is 0.0228 e. The van der Waals surface area contributed by atoms with Crippen LogP contribution < -0.4 is 0 Å². The average Bonchev–Trinajstić information content (AvgIpc) is 1.70. The van der Waals surface area contributed by atoms with E-state index in [1.165, 1.54) is 12.8 Å². The van der Waals surface area contributed by atoms with Crippen LogP contribution in [0.15, 0.2) is 0 Å². The molecule has 0 radical (unpaired) electrons. The molecule has 0 N–H and O–H groups in total. The minimum atomic E-state index is 0. The number of hydrogen-bond acceptors (Lipinski definition) is 0. The molecule has 1 heteroatoms. The molecule has 0 saturated heterocycles. The highest BCUT2D eigenvalue weighted by atomic mass is 31.0. The molecule has 0 fully saturated rings. The first-order chi connectivity index (χ1) is 4.24. The highest BCUT2D eigenvalue weighted by molar-refractivity contribution is 6.92. The summed E-state index contributed by atoms with van der Waals surface area (Å²) in [6, 6.07) is 0. The van der Waals surface area contributed by atoms with Crippen molar-refractivity contribution in [1.29, 1.82) is 0 Å². The van der Waals surface area contributed by atoms with E-state index in [9.17, 15) is 0 Å². The molecule has 9 heavy (non-hydrogen) atoms. The third-order valence-corrected chi connectivity index (χ3v) is 0. The van der Waals surface area contributed by atoms with Gasteiger partial charge < -0.3 is 0 Å². The van der Waals surface area contributed by atoms with Gasteiger partial charge in [0.15, 0.2) is 0 Å². The summed E-state index contributed by atoms with van der Waals surface area (Å²) in [7, 11) is 0. The second-order valence-electron chi connectivity index (χ2n) is 1.41. The molecule has 62 valence electrons. The Balaban J connectivity index is -0.0000000257. The SMILES string of the molecule is CCC.CCC.P.[2H]CC. The Hall–Kier alpha value is 0.430. The Morgan fingerprint density at radius 1 is 1.00 bits per heavy atom. The van der Waals surface area contributed by atoms with Crippen LogP contribution in [0.1, 0.15) is 55.7 Å². The molecule has 0 saturated carbocycles. The van der Waals surface area contributed by atoms with Gasteiger partial charge in [0.05, 0.1) is 0 Å². The van der Waals surface area contributed by atoms with Gasteiger partial charge in [-0.05, 0) is 0 Å². The van der Waals surface area contributed by atoms with E-state index < -0.39 is 0 Å². The predicted molar refractivity (Wildman–Crippen MR) is 54.4 cm³/mol. The fourth-order valence-corrected chi connectivity index (χ4v) is 0. The van der Waals surface area contributed by atoms with E-state index in [0.717, 1.165) is 0 Å². The molecule has 0 aromatic carbocycles. The molecule has 0 aliphatic heterocycles. The monoisotopic (exact) mass is 153 g/mol. The molecular weight excluding hydrogens is 127 g/mol. The zero-order valence-electron chi connectivity index (χ0n) is 8.83. The summed E-state index contributed by atoms with van der Waals surface area (Å²) in [5.41, 5.74) is 0. The molecule has 0 amide bonds. The molecule has 0 aliphatic carbocycles. The fraction of sp³-hybridized carbons (Fsp3) is 1.00. The Morgan fingerprint density at radius 3 is 1.00 bits per heavy atom.